The fraction of sp³-hybridized carbons (Fsp3) is 0.333. The van der Waals surface area contributed by atoms with E-state index in [-0.39, 0.29) is 6.04 Å². The summed E-state index contributed by atoms with van der Waals surface area (Å²) < 4.78 is 2.08. The molecule has 0 fully saturated rings. The molecule has 0 aromatic heterocycles. The van der Waals surface area contributed by atoms with E-state index in [2.05, 4.69) is 61.2 Å². The van der Waals surface area contributed by atoms with Gasteiger partial charge >= 0.3 is 0 Å². The lowest BCUT2D eigenvalue weighted by Gasteiger charge is -2.16. The number of nitrogens with one attached hydrogen (secondary N) is 1. The van der Waals surface area contributed by atoms with Crippen LogP contribution >= 0.6 is 31.9 Å². The zero-order chi connectivity index (χ0) is 12.0. The average Bonchev–Trinajstić information content (AvgIpc) is 2.29. The van der Waals surface area contributed by atoms with Crippen LogP contribution in [-0.2, 0) is 0 Å². The van der Waals surface area contributed by atoms with Crippen molar-refractivity contribution in [3.8, 4) is 11.8 Å². The van der Waals surface area contributed by atoms with Crippen LogP contribution in [0.3, 0.4) is 0 Å². The number of rotatable bonds is 4. The number of halogens is 2. The van der Waals surface area contributed by atoms with Crippen molar-refractivity contribution in [2.75, 3.05) is 13.1 Å². The molecule has 4 heteroatoms. The van der Waals surface area contributed by atoms with Gasteiger partial charge in [0.25, 0.3) is 0 Å². The molecule has 0 radical (unpaired) electrons. The fourth-order valence-corrected chi connectivity index (χ4v) is 1.97. The second-order valence-corrected chi connectivity index (χ2v) is 4.98. The summed E-state index contributed by atoms with van der Waals surface area (Å²) in [5.41, 5.74) is 6.90. The Balaban J connectivity index is 2.77. The molecule has 0 saturated carbocycles. The Labute approximate surface area is 113 Å². The predicted octanol–water partition coefficient (Wildman–Crippen LogP) is 2.82. The molecule has 3 N–H and O–H groups in total. The van der Waals surface area contributed by atoms with Gasteiger partial charge < -0.3 is 5.73 Å². The van der Waals surface area contributed by atoms with Crippen molar-refractivity contribution in [2.24, 2.45) is 5.73 Å². The summed E-state index contributed by atoms with van der Waals surface area (Å²) in [5.74, 6) is 5.82. The van der Waals surface area contributed by atoms with Gasteiger partial charge in [0.1, 0.15) is 0 Å². The Morgan fingerprint density at radius 3 is 2.69 bits per heavy atom. The first-order valence-electron chi connectivity index (χ1n) is 4.97. The zero-order valence-corrected chi connectivity index (χ0v) is 12.2. The first kappa shape index (κ1) is 13.7. The Morgan fingerprint density at radius 2 is 2.12 bits per heavy atom. The molecule has 0 amide bonds. The SMILES string of the molecule is CC#CCNC(CN)c1ccc(Br)c(Br)c1. The molecular weight excluding hydrogens is 332 g/mol. The van der Waals surface area contributed by atoms with Crippen molar-refractivity contribution in [3.05, 3.63) is 32.7 Å². The van der Waals surface area contributed by atoms with Crippen LogP contribution in [0.2, 0.25) is 0 Å². The summed E-state index contributed by atoms with van der Waals surface area (Å²) in [6.07, 6.45) is 0. The quantitative estimate of drug-likeness (QED) is 0.823. The van der Waals surface area contributed by atoms with Gasteiger partial charge in [0.15, 0.2) is 0 Å². The second kappa shape index (κ2) is 7.08. The van der Waals surface area contributed by atoms with Gasteiger partial charge in [-0.3, -0.25) is 5.32 Å². The van der Waals surface area contributed by atoms with Gasteiger partial charge in [-0.2, -0.15) is 0 Å². The molecular formula is C12H14Br2N2. The first-order chi connectivity index (χ1) is 7.69. The van der Waals surface area contributed by atoms with E-state index in [1.807, 2.05) is 13.0 Å². The van der Waals surface area contributed by atoms with E-state index in [1.54, 1.807) is 0 Å². The zero-order valence-electron chi connectivity index (χ0n) is 9.06. The Hall–Kier alpha value is -0.340. The lowest BCUT2D eigenvalue weighted by molar-refractivity contribution is 0.581. The number of hydrogen-bond acceptors (Lipinski definition) is 2. The molecule has 1 aromatic carbocycles. The molecule has 16 heavy (non-hydrogen) atoms. The third kappa shape index (κ3) is 3.91. The van der Waals surface area contributed by atoms with Crippen LogP contribution in [0, 0.1) is 11.8 Å². The summed E-state index contributed by atoms with van der Waals surface area (Å²) in [6.45, 7) is 3.04. The molecule has 0 heterocycles. The van der Waals surface area contributed by atoms with Gasteiger partial charge in [0.2, 0.25) is 0 Å². The van der Waals surface area contributed by atoms with Crippen LogP contribution in [0.1, 0.15) is 18.5 Å². The standard InChI is InChI=1S/C12H14Br2N2/c1-2-3-6-16-12(8-15)9-4-5-10(13)11(14)7-9/h4-5,7,12,16H,6,8,15H2,1H3. The van der Waals surface area contributed by atoms with Crippen LogP contribution < -0.4 is 11.1 Å². The van der Waals surface area contributed by atoms with Crippen molar-refractivity contribution < 1.29 is 0 Å². The van der Waals surface area contributed by atoms with Gasteiger partial charge in [-0.05, 0) is 56.5 Å². The Kier molecular flexibility index (Phi) is 6.07. The summed E-state index contributed by atoms with van der Waals surface area (Å²) in [7, 11) is 0. The highest BCUT2D eigenvalue weighted by Gasteiger charge is 2.09. The molecule has 0 aliphatic carbocycles. The van der Waals surface area contributed by atoms with Crippen LogP contribution in [-0.4, -0.2) is 13.1 Å². The second-order valence-electron chi connectivity index (χ2n) is 3.27. The molecule has 1 aromatic rings. The highest BCUT2D eigenvalue weighted by Crippen LogP contribution is 2.26. The fourth-order valence-electron chi connectivity index (χ4n) is 1.33. The van der Waals surface area contributed by atoms with Crippen molar-refractivity contribution >= 4 is 31.9 Å². The van der Waals surface area contributed by atoms with E-state index in [9.17, 15) is 0 Å². The van der Waals surface area contributed by atoms with Gasteiger partial charge in [-0.25, -0.2) is 0 Å². The molecule has 0 aliphatic rings. The molecule has 0 aliphatic heterocycles. The minimum atomic E-state index is 0.144. The molecule has 0 saturated heterocycles. The maximum atomic E-state index is 5.74. The number of hydrogen-bond donors (Lipinski definition) is 2. The van der Waals surface area contributed by atoms with E-state index in [1.165, 1.54) is 0 Å². The molecule has 1 rings (SSSR count). The van der Waals surface area contributed by atoms with Crippen molar-refractivity contribution in [2.45, 2.75) is 13.0 Å². The third-order valence-corrected chi connectivity index (χ3v) is 4.08. The molecule has 1 atom stereocenters. The largest absolute Gasteiger partial charge is 0.329 e. The summed E-state index contributed by atoms with van der Waals surface area (Å²) in [6, 6.07) is 6.27. The number of benzene rings is 1. The van der Waals surface area contributed by atoms with Crippen LogP contribution in [0.5, 0.6) is 0 Å². The number of nitrogens with two attached hydrogens (primary N) is 1. The normalized spacial score (nSPS) is 11.8. The Bertz CT molecular complexity index is 407. The monoisotopic (exact) mass is 344 g/mol. The van der Waals surface area contributed by atoms with Gasteiger partial charge in [0, 0.05) is 21.5 Å². The van der Waals surface area contributed by atoms with Crippen LogP contribution in [0.25, 0.3) is 0 Å². The van der Waals surface area contributed by atoms with Crippen LogP contribution in [0.4, 0.5) is 0 Å². The maximum Gasteiger partial charge on any atom is 0.0581 e. The smallest absolute Gasteiger partial charge is 0.0581 e. The Morgan fingerprint density at radius 1 is 1.38 bits per heavy atom. The lowest BCUT2D eigenvalue weighted by Crippen LogP contribution is -2.28. The summed E-state index contributed by atoms with van der Waals surface area (Å²) >= 11 is 6.93. The molecule has 0 spiro atoms. The maximum absolute atomic E-state index is 5.74. The summed E-state index contributed by atoms with van der Waals surface area (Å²) in [4.78, 5) is 0. The van der Waals surface area contributed by atoms with Gasteiger partial charge in [-0.15, -0.1) is 5.92 Å². The highest BCUT2D eigenvalue weighted by atomic mass is 79.9. The van der Waals surface area contributed by atoms with E-state index < -0.39 is 0 Å². The van der Waals surface area contributed by atoms with Crippen molar-refractivity contribution in [1.29, 1.82) is 0 Å². The molecule has 86 valence electrons. The minimum Gasteiger partial charge on any atom is -0.329 e. The molecule has 2 nitrogen and oxygen atoms in total. The van der Waals surface area contributed by atoms with Crippen molar-refractivity contribution in [1.82, 2.24) is 5.32 Å². The van der Waals surface area contributed by atoms with E-state index >= 15 is 0 Å². The molecule has 1 unspecified atom stereocenters. The average molecular weight is 346 g/mol. The van der Waals surface area contributed by atoms with Gasteiger partial charge in [-0.1, -0.05) is 12.0 Å². The van der Waals surface area contributed by atoms with E-state index in [4.69, 9.17) is 5.73 Å². The van der Waals surface area contributed by atoms with E-state index in [0.29, 0.717) is 13.1 Å². The third-order valence-electron chi connectivity index (χ3n) is 2.20. The van der Waals surface area contributed by atoms with Crippen molar-refractivity contribution in [3.63, 3.8) is 0 Å². The first-order valence-corrected chi connectivity index (χ1v) is 6.55. The summed E-state index contributed by atoms with van der Waals surface area (Å²) in [5, 5.41) is 3.30. The topological polar surface area (TPSA) is 38.0 Å². The van der Waals surface area contributed by atoms with Gasteiger partial charge in [0.05, 0.1) is 6.54 Å². The highest BCUT2D eigenvalue weighted by molar-refractivity contribution is 9.13. The lowest BCUT2D eigenvalue weighted by atomic mass is 10.1. The predicted molar refractivity (Wildman–Crippen MR) is 75.1 cm³/mol. The van der Waals surface area contributed by atoms with E-state index in [0.717, 1.165) is 14.5 Å². The minimum absolute atomic E-state index is 0.144. The molecule has 0 bridgehead atoms. The van der Waals surface area contributed by atoms with Crippen LogP contribution in [0.15, 0.2) is 27.1 Å².